The van der Waals surface area contributed by atoms with Gasteiger partial charge >= 0.3 is 0 Å². The molecule has 166 valence electrons. The smallest absolute Gasteiger partial charge is 0.248 e. The van der Waals surface area contributed by atoms with Crippen LogP contribution in [0.15, 0.2) is 54.6 Å². The van der Waals surface area contributed by atoms with Crippen molar-refractivity contribution in [3.63, 3.8) is 0 Å². The maximum atomic E-state index is 12.7. The van der Waals surface area contributed by atoms with Gasteiger partial charge in [-0.2, -0.15) is 5.10 Å². The van der Waals surface area contributed by atoms with Crippen molar-refractivity contribution in [3.05, 3.63) is 81.6 Å². The fourth-order valence-electron chi connectivity index (χ4n) is 3.31. The van der Waals surface area contributed by atoms with Crippen LogP contribution in [0, 0.1) is 13.8 Å². The van der Waals surface area contributed by atoms with Crippen molar-refractivity contribution < 1.29 is 9.59 Å². The number of nitrogens with one attached hydrogen (secondary N) is 2. The van der Waals surface area contributed by atoms with Crippen molar-refractivity contribution in [2.24, 2.45) is 0 Å². The van der Waals surface area contributed by atoms with Crippen LogP contribution >= 0.6 is 23.2 Å². The molecule has 0 aliphatic rings. The van der Waals surface area contributed by atoms with Gasteiger partial charge in [-0.05, 0) is 69.2 Å². The summed E-state index contributed by atoms with van der Waals surface area (Å²) in [5, 5.41) is 10.8. The van der Waals surface area contributed by atoms with Gasteiger partial charge < -0.3 is 10.6 Å². The van der Waals surface area contributed by atoms with Gasteiger partial charge in [-0.3, -0.25) is 14.3 Å². The number of benzene rings is 2. The van der Waals surface area contributed by atoms with Gasteiger partial charge in [-0.1, -0.05) is 41.4 Å². The lowest BCUT2D eigenvalue weighted by Crippen LogP contribution is -2.25. The molecule has 2 N–H and O–H groups in total. The average Bonchev–Trinajstić information content (AvgIpc) is 3.07. The summed E-state index contributed by atoms with van der Waals surface area (Å²) >= 11 is 12.5. The Morgan fingerprint density at radius 3 is 2.38 bits per heavy atom. The molecule has 1 unspecified atom stereocenters. The molecule has 0 spiro atoms. The molecule has 0 aliphatic carbocycles. The zero-order valence-electron chi connectivity index (χ0n) is 18.2. The van der Waals surface area contributed by atoms with E-state index in [9.17, 15) is 9.59 Å². The summed E-state index contributed by atoms with van der Waals surface area (Å²) in [7, 11) is 0. The van der Waals surface area contributed by atoms with E-state index in [4.69, 9.17) is 23.2 Å². The molecular formula is C24H24Cl2N4O2. The molecule has 0 saturated heterocycles. The SMILES string of the molecule is CC(=CC(=O)Nc1ccc(NC(=O)C(C)n2nc(C)cc2C)c(Cl)c1)c1ccccc1Cl. The number of anilines is 2. The van der Waals surface area contributed by atoms with Gasteiger partial charge in [0.05, 0.1) is 16.4 Å². The molecule has 1 atom stereocenters. The predicted octanol–water partition coefficient (Wildman–Crippen LogP) is 6.05. The third kappa shape index (κ3) is 5.58. The van der Waals surface area contributed by atoms with Gasteiger partial charge in [0.1, 0.15) is 6.04 Å². The summed E-state index contributed by atoms with van der Waals surface area (Å²) in [6, 6.07) is 13.6. The molecule has 0 radical (unpaired) electrons. The highest BCUT2D eigenvalue weighted by molar-refractivity contribution is 6.34. The number of aryl methyl sites for hydroxylation is 2. The number of aromatic nitrogens is 2. The van der Waals surface area contributed by atoms with Crippen molar-refractivity contribution in [2.75, 3.05) is 10.6 Å². The fraction of sp³-hybridized carbons (Fsp3) is 0.208. The third-order valence-corrected chi connectivity index (χ3v) is 5.57. The molecule has 3 aromatic rings. The average molecular weight is 471 g/mol. The van der Waals surface area contributed by atoms with E-state index >= 15 is 0 Å². The van der Waals surface area contributed by atoms with Crippen molar-refractivity contribution in [2.45, 2.75) is 33.7 Å². The van der Waals surface area contributed by atoms with Crippen LogP contribution in [0.4, 0.5) is 11.4 Å². The lowest BCUT2D eigenvalue weighted by Gasteiger charge is -2.15. The van der Waals surface area contributed by atoms with E-state index in [-0.39, 0.29) is 11.8 Å². The number of amides is 2. The molecule has 3 rings (SSSR count). The van der Waals surface area contributed by atoms with E-state index in [1.807, 2.05) is 45.0 Å². The van der Waals surface area contributed by atoms with Crippen LogP contribution in [0.5, 0.6) is 0 Å². The Morgan fingerprint density at radius 2 is 1.75 bits per heavy atom. The van der Waals surface area contributed by atoms with Crippen molar-refractivity contribution in [1.82, 2.24) is 9.78 Å². The molecule has 2 aromatic carbocycles. The zero-order valence-corrected chi connectivity index (χ0v) is 19.8. The van der Waals surface area contributed by atoms with E-state index in [0.29, 0.717) is 21.4 Å². The Hall–Kier alpha value is -3.09. The van der Waals surface area contributed by atoms with E-state index in [1.54, 1.807) is 35.9 Å². The number of carbonyl (C=O) groups is 2. The number of hydrogen-bond donors (Lipinski definition) is 2. The first-order valence-electron chi connectivity index (χ1n) is 10.0. The molecular weight excluding hydrogens is 447 g/mol. The second-order valence-electron chi connectivity index (χ2n) is 7.53. The largest absolute Gasteiger partial charge is 0.323 e. The van der Waals surface area contributed by atoms with Crippen molar-refractivity contribution >= 4 is 52.0 Å². The van der Waals surface area contributed by atoms with E-state index in [0.717, 1.165) is 22.5 Å². The minimum atomic E-state index is -0.503. The molecule has 0 aliphatic heterocycles. The first-order valence-corrected chi connectivity index (χ1v) is 10.8. The lowest BCUT2D eigenvalue weighted by atomic mass is 10.1. The minimum Gasteiger partial charge on any atom is -0.323 e. The third-order valence-electron chi connectivity index (χ3n) is 4.93. The standard InChI is InChI=1S/C24H24Cl2N4O2/c1-14(19-7-5-6-8-20(19)25)11-23(31)27-18-9-10-22(21(26)13-18)28-24(32)17(4)30-16(3)12-15(2)29-30/h5-13,17H,1-4H3,(H,27,31)(H,28,32). The van der Waals surface area contributed by atoms with Gasteiger partial charge in [0.15, 0.2) is 0 Å². The second kappa shape index (κ2) is 10.0. The van der Waals surface area contributed by atoms with Crippen LogP contribution in [0.2, 0.25) is 10.0 Å². The molecule has 8 heteroatoms. The zero-order chi connectivity index (χ0) is 23.4. The second-order valence-corrected chi connectivity index (χ2v) is 8.34. The van der Waals surface area contributed by atoms with Crippen LogP contribution in [0.25, 0.3) is 5.57 Å². The molecule has 1 heterocycles. The lowest BCUT2D eigenvalue weighted by molar-refractivity contribution is -0.119. The number of hydrogen-bond acceptors (Lipinski definition) is 3. The highest BCUT2D eigenvalue weighted by atomic mass is 35.5. The molecule has 0 saturated carbocycles. The van der Waals surface area contributed by atoms with Gasteiger partial charge in [0, 0.05) is 22.5 Å². The first kappa shape index (κ1) is 23.6. The summed E-state index contributed by atoms with van der Waals surface area (Å²) in [4.78, 5) is 25.1. The molecule has 2 amide bonds. The fourth-order valence-corrected chi connectivity index (χ4v) is 3.83. The molecule has 0 fully saturated rings. The number of halogens is 2. The first-order chi connectivity index (χ1) is 15.2. The predicted molar refractivity (Wildman–Crippen MR) is 130 cm³/mol. The van der Waals surface area contributed by atoms with Gasteiger partial charge in [0.25, 0.3) is 0 Å². The van der Waals surface area contributed by atoms with Crippen molar-refractivity contribution in [1.29, 1.82) is 0 Å². The van der Waals surface area contributed by atoms with Crippen LogP contribution < -0.4 is 10.6 Å². The Balaban J connectivity index is 1.68. The normalized spacial score (nSPS) is 12.4. The topological polar surface area (TPSA) is 76.0 Å². The summed E-state index contributed by atoms with van der Waals surface area (Å²) in [6.07, 6.45) is 1.47. The summed E-state index contributed by atoms with van der Waals surface area (Å²) in [5.74, 6) is -0.554. The van der Waals surface area contributed by atoms with Crippen LogP contribution in [0.3, 0.4) is 0 Å². The maximum absolute atomic E-state index is 12.7. The monoisotopic (exact) mass is 470 g/mol. The van der Waals surface area contributed by atoms with Gasteiger partial charge in [-0.15, -0.1) is 0 Å². The number of nitrogens with zero attached hydrogens (tertiary/aromatic N) is 2. The van der Waals surface area contributed by atoms with E-state index in [2.05, 4.69) is 15.7 Å². The van der Waals surface area contributed by atoms with Gasteiger partial charge in [0.2, 0.25) is 11.8 Å². The molecule has 1 aromatic heterocycles. The van der Waals surface area contributed by atoms with Crippen molar-refractivity contribution in [3.8, 4) is 0 Å². The van der Waals surface area contributed by atoms with Crippen LogP contribution in [-0.2, 0) is 9.59 Å². The quantitative estimate of drug-likeness (QED) is 0.430. The highest BCUT2D eigenvalue weighted by Crippen LogP contribution is 2.27. The Morgan fingerprint density at radius 1 is 1.03 bits per heavy atom. The summed E-state index contributed by atoms with van der Waals surface area (Å²) in [6.45, 7) is 7.36. The minimum absolute atomic E-state index is 0.242. The Labute approximate surface area is 197 Å². The highest BCUT2D eigenvalue weighted by Gasteiger charge is 2.19. The van der Waals surface area contributed by atoms with Crippen LogP contribution in [0.1, 0.15) is 36.8 Å². The number of rotatable bonds is 6. The molecule has 6 nitrogen and oxygen atoms in total. The Bertz CT molecular complexity index is 1200. The van der Waals surface area contributed by atoms with E-state index < -0.39 is 6.04 Å². The molecule has 32 heavy (non-hydrogen) atoms. The summed E-state index contributed by atoms with van der Waals surface area (Å²) < 4.78 is 1.67. The van der Waals surface area contributed by atoms with E-state index in [1.165, 1.54) is 6.08 Å². The summed E-state index contributed by atoms with van der Waals surface area (Å²) in [5.41, 5.74) is 4.23. The van der Waals surface area contributed by atoms with Gasteiger partial charge in [-0.25, -0.2) is 0 Å². The Kier molecular flexibility index (Phi) is 7.38. The maximum Gasteiger partial charge on any atom is 0.248 e. The number of allylic oxidation sites excluding steroid dienone is 1. The molecule has 0 bridgehead atoms. The number of carbonyl (C=O) groups excluding carboxylic acids is 2. The van der Waals surface area contributed by atoms with Crippen LogP contribution in [-0.4, -0.2) is 21.6 Å².